The Labute approximate surface area is 242 Å². The van der Waals surface area contributed by atoms with Gasteiger partial charge in [0.2, 0.25) is 0 Å². The molecule has 2 rings (SSSR count). The van der Waals surface area contributed by atoms with E-state index in [1.165, 1.54) is 11.4 Å². The maximum atomic E-state index is 6.74. The molecule has 2 aromatic carbocycles. The molecule has 0 fully saturated rings. The molecule has 0 saturated heterocycles. The quantitative estimate of drug-likeness (QED) is 0.170. The van der Waals surface area contributed by atoms with E-state index in [9.17, 15) is 0 Å². The van der Waals surface area contributed by atoms with Crippen LogP contribution >= 0.6 is 0 Å². The van der Waals surface area contributed by atoms with Crippen molar-refractivity contribution in [3.63, 3.8) is 0 Å². The minimum absolute atomic E-state index is 0.695. The molecule has 0 spiro atoms. The normalized spacial score (nSPS) is 13.0. The van der Waals surface area contributed by atoms with Crippen LogP contribution in [0.25, 0.3) is 0 Å². The van der Waals surface area contributed by atoms with E-state index in [0.717, 1.165) is 25.9 Å². The third kappa shape index (κ3) is 9.94. The Hall–Kier alpha value is -1.29. The summed E-state index contributed by atoms with van der Waals surface area (Å²) in [7, 11) is -2.48. The van der Waals surface area contributed by atoms with Crippen LogP contribution in [-0.2, 0) is 21.8 Å². The highest BCUT2D eigenvalue weighted by Crippen LogP contribution is 2.29. The molecule has 0 amide bonds. The Bertz CT molecular complexity index is 872. The van der Waals surface area contributed by atoms with Crippen molar-refractivity contribution in [2.75, 3.05) is 50.7 Å². The molecular formula is C28H52N2O5Si4. The van der Waals surface area contributed by atoms with Crippen molar-refractivity contribution < 1.29 is 21.8 Å². The largest absolute Gasteiger partial charge is 0.493 e. The molecule has 0 bridgehead atoms. The van der Waals surface area contributed by atoms with Gasteiger partial charge in [0.1, 0.15) is 16.5 Å². The molecule has 220 valence electrons. The van der Waals surface area contributed by atoms with Gasteiger partial charge in [0.15, 0.2) is 0 Å². The molecule has 7 nitrogen and oxygen atoms in total. The molecule has 0 N–H and O–H groups in total. The summed E-state index contributed by atoms with van der Waals surface area (Å²) in [5.41, 5.74) is 2.53. The molecule has 0 radical (unpaired) electrons. The fourth-order valence-electron chi connectivity index (χ4n) is 4.91. The molecule has 0 aliphatic heterocycles. The predicted molar refractivity (Wildman–Crippen MR) is 174 cm³/mol. The maximum absolute atomic E-state index is 6.74. The van der Waals surface area contributed by atoms with E-state index in [4.69, 9.17) is 21.8 Å². The van der Waals surface area contributed by atoms with E-state index in [1.807, 2.05) is 0 Å². The number of nitrogens with zero attached hydrogens (tertiary/aromatic N) is 2. The lowest BCUT2D eigenvalue weighted by Gasteiger charge is -2.39. The predicted octanol–water partition coefficient (Wildman–Crippen LogP) is 6.93. The second-order valence-electron chi connectivity index (χ2n) is 11.8. The van der Waals surface area contributed by atoms with Gasteiger partial charge >= 0.3 is 17.6 Å². The van der Waals surface area contributed by atoms with E-state index in [-0.39, 0.29) is 0 Å². The highest BCUT2D eigenvalue weighted by molar-refractivity contribution is 6.80. The Morgan fingerprint density at radius 2 is 0.821 bits per heavy atom. The van der Waals surface area contributed by atoms with Gasteiger partial charge in [-0.1, -0.05) is 75.7 Å². The fraction of sp³-hybridized carbons (Fsp3) is 0.571. The van der Waals surface area contributed by atoms with E-state index in [0.29, 0.717) is 12.1 Å². The summed E-state index contributed by atoms with van der Waals surface area (Å²) in [6.07, 6.45) is 1.78. The Kier molecular flexibility index (Phi) is 13.1. The van der Waals surface area contributed by atoms with Crippen LogP contribution in [0.15, 0.2) is 60.7 Å². The highest BCUT2D eigenvalue weighted by Gasteiger charge is 2.51. The highest BCUT2D eigenvalue weighted by atomic mass is 28.5. The zero-order valence-corrected chi connectivity index (χ0v) is 30.0. The van der Waals surface area contributed by atoms with E-state index < -0.39 is 34.1 Å². The summed E-state index contributed by atoms with van der Waals surface area (Å²) in [6, 6.07) is 22.7. The van der Waals surface area contributed by atoms with E-state index >= 15 is 0 Å². The monoisotopic (exact) mass is 608 g/mol. The van der Waals surface area contributed by atoms with Crippen molar-refractivity contribution in [3.05, 3.63) is 60.7 Å². The second-order valence-corrected chi connectivity index (χ2v) is 27.8. The average Bonchev–Trinajstić information content (AvgIpc) is 2.91. The molecule has 11 heteroatoms. The van der Waals surface area contributed by atoms with E-state index in [1.54, 1.807) is 28.4 Å². The van der Waals surface area contributed by atoms with Gasteiger partial charge in [-0.25, -0.2) is 0 Å². The summed E-state index contributed by atoms with van der Waals surface area (Å²) in [4.78, 5) is 0. The minimum Gasteiger partial charge on any atom is -0.398 e. The van der Waals surface area contributed by atoms with E-state index in [2.05, 4.69) is 109 Å². The van der Waals surface area contributed by atoms with Crippen LogP contribution in [0.2, 0.25) is 51.4 Å². The topological polar surface area (TPSA) is 52.6 Å². The number of hydrogen-bond donors (Lipinski definition) is 0. The average molecular weight is 609 g/mol. The van der Waals surface area contributed by atoms with Crippen LogP contribution in [0.3, 0.4) is 0 Å². The molecule has 0 unspecified atom stereocenters. The first-order valence-electron chi connectivity index (χ1n) is 13.9. The smallest absolute Gasteiger partial charge is 0.398 e. The molecular weight excluding hydrogens is 557 g/mol. The Morgan fingerprint density at radius 1 is 0.513 bits per heavy atom. The molecule has 0 saturated carbocycles. The number of para-hydroxylation sites is 2. The summed E-state index contributed by atoms with van der Waals surface area (Å²) >= 11 is 0. The van der Waals surface area contributed by atoms with Crippen molar-refractivity contribution in [3.8, 4) is 0 Å². The van der Waals surface area contributed by atoms with Crippen LogP contribution in [0.5, 0.6) is 0 Å². The first kappa shape index (κ1) is 33.9. The fourth-order valence-corrected chi connectivity index (χ4v) is 14.8. The maximum Gasteiger partial charge on any atom is 0.493 e. The Balaban J connectivity index is 2.13. The number of hydrogen-bond acceptors (Lipinski definition) is 7. The molecule has 0 atom stereocenters. The second kappa shape index (κ2) is 15.1. The lowest BCUT2D eigenvalue weighted by Crippen LogP contribution is -2.58. The standard InChI is InChI=1S/C28H52N2O5Si4/c1-31-38(32-2,25-17-23-29(36(5,6)7)27-19-13-11-14-20-27)35-39(33-3,34-4)26-18-24-30(37(8,9)10)28-21-15-12-16-22-28/h11-16,19-22H,17-18,23-26H2,1-10H3. The lowest BCUT2D eigenvalue weighted by molar-refractivity contribution is 0.0862. The third-order valence-electron chi connectivity index (χ3n) is 7.04. The summed E-state index contributed by atoms with van der Waals surface area (Å²) in [6.45, 7) is 16.1. The van der Waals surface area contributed by atoms with Gasteiger partial charge in [0, 0.05) is 65.0 Å². The minimum atomic E-state index is -3.03. The molecule has 2 aromatic rings. The van der Waals surface area contributed by atoms with Gasteiger partial charge in [-0.3, -0.25) is 0 Å². The van der Waals surface area contributed by atoms with Crippen molar-refractivity contribution in [1.29, 1.82) is 0 Å². The molecule has 0 aromatic heterocycles. The van der Waals surface area contributed by atoms with Gasteiger partial charge in [0.05, 0.1) is 0 Å². The lowest BCUT2D eigenvalue weighted by atomic mass is 10.3. The number of benzene rings is 2. The summed E-state index contributed by atoms with van der Waals surface area (Å²) in [5.74, 6) is 0. The van der Waals surface area contributed by atoms with Gasteiger partial charge in [-0.15, -0.1) is 0 Å². The van der Waals surface area contributed by atoms with Gasteiger partial charge < -0.3 is 31.0 Å². The van der Waals surface area contributed by atoms with Crippen molar-refractivity contribution in [2.45, 2.75) is 64.2 Å². The zero-order chi connectivity index (χ0) is 29.2. The van der Waals surface area contributed by atoms with Crippen LogP contribution in [-0.4, -0.2) is 75.6 Å². The first-order chi connectivity index (χ1) is 18.4. The van der Waals surface area contributed by atoms with Gasteiger partial charge in [-0.2, -0.15) is 0 Å². The number of rotatable bonds is 18. The zero-order valence-electron chi connectivity index (χ0n) is 26.0. The van der Waals surface area contributed by atoms with Crippen molar-refractivity contribution >= 4 is 45.5 Å². The van der Waals surface area contributed by atoms with Crippen LogP contribution < -0.4 is 9.13 Å². The summed E-state index contributed by atoms with van der Waals surface area (Å²) < 4.78 is 36.0. The molecule has 39 heavy (non-hydrogen) atoms. The molecule has 0 aliphatic rings. The van der Waals surface area contributed by atoms with Crippen LogP contribution in [0.4, 0.5) is 11.4 Å². The SMILES string of the molecule is CO[Si](CCCN(c1ccccc1)[Si](C)(C)C)(OC)O[Si](CCCN(c1ccccc1)[Si](C)(C)C)(OC)OC. The van der Waals surface area contributed by atoms with Crippen molar-refractivity contribution in [2.24, 2.45) is 0 Å². The third-order valence-corrected chi connectivity index (χ3v) is 18.2. The molecule has 0 aliphatic carbocycles. The summed E-state index contributed by atoms with van der Waals surface area (Å²) in [5, 5.41) is 0. The number of anilines is 2. The first-order valence-corrected chi connectivity index (χ1v) is 24.7. The van der Waals surface area contributed by atoms with Gasteiger partial charge in [0.25, 0.3) is 0 Å². The Morgan fingerprint density at radius 3 is 1.08 bits per heavy atom. The molecule has 0 heterocycles. The van der Waals surface area contributed by atoms with Crippen LogP contribution in [0.1, 0.15) is 12.8 Å². The van der Waals surface area contributed by atoms with Gasteiger partial charge in [-0.05, 0) is 37.1 Å². The van der Waals surface area contributed by atoms with Crippen molar-refractivity contribution in [1.82, 2.24) is 0 Å². The van der Waals surface area contributed by atoms with Crippen LogP contribution in [0, 0.1) is 0 Å².